The van der Waals surface area contributed by atoms with Crippen LogP contribution in [0.3, 0.4) is 0 Å². The third-order valence-corrected chi connectivity index (χ3v) is 4.23. The number of aromatic nitrogens is 1. The van der Waals surface area contributed by atoms with Gasteiger partial charge in [0.15, 0.2) is 0 Å². The molecule has 0 saturated carbocycles. The van der Waals surface area contributed by atoms with Crippen molar-refractivity contribution in [1.29, 1.82) is 0 Å². The van der Waals surface area contributed by atoms with Crippen LogP contribution in [0.1, 0.15) is 12.0 Å². The van der Waals surface area contributed by atoms with Crippen LogP contribution in [-0.2, 0) is 11.4 Å². The number of hydrogen-bond acceptors (Lipinski definition) is 5. The summed E-state index contributed by atoms with van der Waals surface area (Å²) in [7, 11) is 0. The fourth-order valence-electron chi connectivity index (χ4n) is 1.95. The van der Waals surface area contributed by atoms with E-state index in [1.165, 1.54) is 0 Å². The molecule has 0 radical (unpaired) electrons. The molecule has 3 N–H and O–H groups in total. The first-order valence-electron chi connectivity index (χ1n) is 7.47. The van der Waals surface area contributed by atoms with Gasteiger partial charge in [-0.05, 0) is 42.7 Å². The van der Waals surface area contributed by atoms with Gasteiger partial charge in [-0.25, -0.2) is 0 Å². The molecule has 0 fully saturated rings. The molecule has 1 heterocycles. The van der Waals surface area contributed by atoms with E-state index in [9.17, 15) is 4.79 Å². The van der Waals surface area contributed by atoms with Crippen LogP contribution in [-0.4, -0.2) is 28.9 Å². The predicted molar refractivity (Wildman–Crippen MR) is 99.6 cm³/mol. The number of nitrogens with two attached hydrogens (primary N) is 1. The van der Waals surface area contributed by atoms with Crippen LogP contribution in [0.2, 0.25) is 5.02 Å². The Bertz CT molecular complexity index is 670. The van der Waals surface area contributed by atoms with Crippen molar-refractivity contribution in [2.45, 2.75) is 19.1 Å². The smallest absolute Gasteiger partial charge is 0.241 e. The minimum Gasteiger partial charge on any atom is -0.487 e. The number of benzene rings is 1. The second kappa shape index (κ2) is 9.52. The van der Waals surface area contributed by atoms with Crippen molar-refractivity contribution in [3.8, 4) is 5.75 Å². The Hall–Kier alpha value is -1.76. The fraction of sp³-hybridized carbons (Fsp3) is 0.294. The highest BCUT2D eigenvalue weighted by atomic mass is 35.5. The SMILES string of the molecule is CSCC[C@H](N)C(=O)Nc1ccc(OCc2cccnc2)c(Cl)c1. The molecule has 24 heavy (non-hydrogen) atoms. The van der Waals surface area contributed by atoms with Gasteiger partial charge in [-0.2, -0.15) is 11.8 Å². The maximum atomic E-state index is 12.0. The first-order valence-corrected chi connectivity index (χ1v) is 9.24. The molecule has 2 aromatic rings. The summed E-state index contributed by atoms with van der Waals surface area (Å²) in [5, 5.41) is 3.19. The zero-order valence-corrected chi connectivity index (χ0v) is 14.9. The minimum atomic E-state index is -0.530. The third-order valence-electron chi connectivity index (χ3n) is 3.29. The average molecular weight is 366 g/mol. The molecule has 0 aliphatic carbocycles. The summed E-state index contributed by atoms with van der Waals surface area (Å²) in [5.41, 5.74) is 7.39. The number of ether oxygens (including phenoxy) is 1. The summed E-state index contributed by atoms with van der Waals surface area (Å²) >= 11 is 7.88. The van der Waals surface area contributed by atoms with Gasteiger partial charge in [0.2, 0.25) is 5.91 Å². The summed E-state index contributed by atoms with van der Waals surface area (Å²) in [6.07, 6.45) is 6.05. The number of nitrogens with one attached hydrogen (secondary N) is 1. The van der Waals surface area contributed by atoms with Crippen molar-refractivity contribution in [2.75, 3.05) is 17.3 Å². The normalized spacial score (nSPS) is 11.8. The molecule has 0 unspecified atom stereocenters. The fourth-order valence-corrected chi connectivity index (χ4v) is 2.68. The first-order chi connectivity index (χ1) is 11.6. The number of amides is 1. The molecule has 1 atom stereocenters. The van der Waals surface area contributed by atoms with Crippen LogP contribution in [0.5, 0.6) is 5.75 Å². The minimum absolute atomic E-state index is 0.218. The number of anilines is 1. The summed E-state index contributed by atoms with van der Waals surface area (Å²) < 4.78 is 5.67. The van der Waals surface area contributed by atoms with Crippen molar-refractivity contribution in [3.05, 3.63) is 53.3 Å². The highest BCUT2D eigenvalue weighted by Crippen LogP contribution is 2.28. The van der Waals surface area contributed by atoms with E-state index in [1.807, 2.05) is 18.4 Å². The molecule has 1 aromatic heterocycles. The zero-order valence-electron chi connectivity index (χ0n) is 13.4. The van der Waals surface area contributed by atoms with Gasteiger partial charge >= 0.3 is 0 Å². The Kier molecular flexibility index (Phi) is 7.36. The van der Waals surface area contributed by atoms with E-state index in [0.29, 0.717) is 29.5 Å². The second-order valence-corrected chi connectivity index (χ2v) is 6.57. The number of nitrogens with zero attached hydrogens (tertiary/aromatic N) is 1. The lowest BCUT2D eigenvalue weighted by atomic mass is 10.2. The molecule has 128 valence electrons. The molecule has 0 spiro atoms. The first kappa shape index (κ1) is 18.6. The van der Waals surface area contributed by atoms with Crippen molar-refractivity contribution in [1.82, 2.24) is 4.98 Å². The van der Waals surface area contributed by atoms with E-state index >= 15 is 0 Å². The Morgan fingerprint density at radius 1 is 1.46 bits per heavy atom. The molecule has 0 aliphatic heterocycles. The largest absolute Gasteiger partial charge is 0.487 e. The molecule has 1 aromatic carbocycles. The van der Waals surface area contributed by atoms with Crippen molar-refractivity contribution in [2.24, 2.45) is 5.73 Å². The van der Waals surface area contributed by atoms with Gasteiger partial charge in [-0.15, -0.1) is 0 Å². The summed E-state index contributed by atoms with van der Waals surface area (Å²) in [6, 6.07) is 8.35. The molecule has 0 aliphatic rings. The monoisotopic (exact) mass is 365 g/mol. The maximum absolute atomic E-state index is 12.0. The number of pyridine rings is 1. The highest BCUT2D eigenvalue weighted by molar-refractivity contribution is 7.98. The highest BCUT2D eigenvalue weighted by Gasteiger charge is 2.14. The maximum Gasteiger partial charge on any atom is 0.241 e. The van der Waals surface area contributed by atoms with Crippen LogP contribution in [0.4, 0.5) is 5.69 Å². The zero-order chi connectivity index (χ0) is 17.4. The van der Waals surface area contributed by atoms with Crippen molar-refractivity contribution < 1.29 is 9.53 Å². The number of hydrogen-bond donors (Lipinski definition) is 2. The van der Waals surface area contributed by atoms with Gasteiger partial charge in [-0.1, -0.05) is 17.7 Å². The number of halogens is 1. The van der Waals surface area contributed by atoms with Crippen LogP contribution < -0.4 is 15.8 Å². The molecular formula is C17H20ClN3O2S. The van der Waals surface area contributed by atoms with E-state index in [2.05, 4.69) is 10.3 Å². The van der Waals surface area contributed by atoms with E-state index < -0.39 is 6.04 Å². The third kappa shape index (κ3) is 5.70. The molecule has 0 bridgehead atoms. The van der Waals surface area contributed by atoms with Crippen LogP contribution >= 0.6 is 23.4 Å². The summed E-state index contributed by atoms with van der Waals surface area (Å²) in [6.45, 7) is 0.374. The van der Waals surface area contributed by atoms with Crippen LogP contribution in [0.25, 0.3) is 0 Å². The topological polar surface area (TPSA) is 77.2 Å². The number of thioether (sulfide) groups is 1. The lowest BCUT2D eigenvalue weighted by Crippen LogP contribution is -2.36. The van der Waals surface area contributed by atoms with Gasteiger partial charge in [0.05, 0.1) is 11.1 Å². The molecular weight excluding hydrogens is 346 g/mol. The Morgan fingerprint density at radius 3 is 2.96 bits per heavy atom. The van der Waals surface area contributed by atoms with Crippen LogP contribution in [0, 0.1) is 0 Å². The van der Waals surface area contributed by atoms with E-state index in [4.69, 9.17) is 22.1 Å². The van der Waals surface area contributed by atoms with Crippen molar-refractivity contribution >= 4 is 35.0 Å². The van der Waals surface area contributed by atoms with Crippen molar-refractivity contribution in [3.63, 3.8) is 0 Å². The standard InChI is InChI=1S/C17H20ClN3O2S/c1-24-8-6-15(19)17(22)21-13-4-5-16(14(18)9-13)23-11-12-3-2-7-20-10-12/h2-5,7,9-10,15H,6,8,11,19H2,1H3,(H,21,22)/t15-/m0/s1. The van der Waals surface area contributed by atoms with E-state index in [0.717, 1.165) is 11.3 Å². The molecule has 7 heteroatoms. The van der Waals surface area contributed by atoms with Gasteiger partial charge in [0.1, 0.15) is 12.4 Å². The lowest BCUT2D eigenvalue weighted by molar-refractivity contribution is -0.117. The Balaban J connectivity index is 1.93. The number of carbonyl (C=O) groups excluding carboxylic acids is 1. The summed E-state index contributed by atoms with van der Waals surface area (Å²) in [4.78, 5) is 16.0. The molecule has 1 amide bonds. The predicted octanol–water partition coefficient (Wildman–Crippen LogP) is 3.33. The number of carbonyl (C=O) groups is 1. The van der Waals surface area contributed by atoms with Gasteiger partial charge in [0.25, 0.3) is 0 Å². The average Bonchev–Trinajstić information content (AvgIpc) is 2.59. The van der Waals surface area contributed by atoms with E-state index in [1.54, 1.807) is 42.4 Å². The Morgan fingerprint density at radius 2 is 2.29 bits per heavy atom. The second-order valence-electron chi connectivity index (χ2n) is 5.17. The number of rotatable bonds is 8. The van der Waals surface area contributed by atoms with Gasteiger partial charge in [0, 0.05) is 23.6 Å². The quantitative estimate of drug-likeness (QED) is 0.750. The van der Waals surface area contributed by atoms with Crippen LogP contribution in [0.15, 0.2) is 42.7 Å². The molecule has 5 nitrogen and oxygen atoms in total. The lowest BCUT2D eigenvalue weighted by Gasteiger charge is -2.13. The Labute approximate surface area is 150 Å². The van der Waals surface area contributed by atoms with Gasteiger partial charge < -0.3 is 15.8 Å². The molecule has 0 saturated heterocycles. The van der Waals surface area contributed by atoms with Gasteiger partial charge in [-0.3, -0.25) is 9.78 Å². The van der Waals surface area contributed by atoms with E-state index in [-0.39, 0.29) is 5.91 Å². The molecule has 2 rings (SSSR count). The summed E-state index contributed by atoms with van der Waals surface area (Å²) in [5.74, 6) is 1.17.